The lowest BCUT2D eigenvalue weighted by Gasteiger charge is -2.55. The van der Waals surface area contributed by atoms with E-state index < -0.39 is 0 Å². The molecule has 23 heavy (non-hydrogen) atoms. The van der Waals surface area contributed by atoms with Crippen LogP contribution >= 0.6 is 0 Å². The van der Waals surface area contributed by atoms with E-state index in [0.717, 1.165) is 37.0 Å². The van der Waals surface area contributed by atoms with Gasteiger partial charge in [0.15, 0.2) is 12.4 Å². The van der Waals surface area contributed by atoms with E-state index in [1.165, 1.54) is 19.3 Å². The molecule has 3 N–H and O–H groups in total. The molecule has 124 valence electrons. The van der Waals surface area contributed by atoms with Crippen molar-refractivity contribution < 1.29 is 27.0 Å². The lowest BCUT2D eigenvalue weighted by Crippen LogP contribution is -3.00. The van der Waals surface area contributed by atoms with Crippen LogP contribution in [-0.4, -0.2) is 11.8 Å². The maximum atomic E-state index is 12.7. The minimum absolute atomic E-state index is 0. The van der Waals surface area contributed by atoms with Gasteiger partial charge in [0, 0.05) is 12.1 Å². The number of nitrogens with one attached hydrogen (secondary N) is 3. The van der Waals surface area contributed by atoms with Gasteiger partial charge in [0.2, 0.25) is 5.91 Å². The molecule has 0 spiro atoms. The van der Waals surface area contributed by atoms with Crippen molar-refractivity contribution in [1.29, 1.82) is 0 Å². The Labute approximate surface area is 142 Å². The second-order valence-electron chi connectivity index (χ2n) is 7.39. The van der Waals surface area contributed by atoms with Crippen molar-refractivity contribution in [2.24, 2.45) is 23.2 Å². The largest absolute Gasteiger partial charge is 1.00 e. The summed E-state index contributed by atoms with van der Waals surface area (Å²) in [7, 11) is 0. The third-order valence-electron chi connectivity index (χ3n) is 5.79. The molecule has 4 aliphatic rings. The molecular weight excluding hydrogens is 314 g/mol. The van der Waals surface area contributed by atoms with Gasteiger partial charge in [0.05, 0.1) is 11.0 Å². The zero-order chi connectivity index (χ0) is 15.2. The topological polar surface area (TPSA) is 72.3 Å². The van der Waals surface area contributed by atoms with Crippen LogP contribution in [0, 0.1) is 23.2 Å². The summed E-state index contributed by atoms with van der Waals surface area (Å²) in [5.41, 5.74) is 5.56. The minimum Gasteiger partial charge on any atom is -1.00 e. The number of carbonyl (C=O) groups is 2. The van der Waals surface area contributed by atoms with E-state index in [9.17, 15) is 9.59 Å². The molecule has 0 saturated heterocycles. The molecule has 0 radical (unpaired) electrons. The van der Waals surface area contributed by atoms with Gasteiger partial charge in [-0.15, -0.1) is 0 Å². The zero-order valence-corrected chi connectivity index (χ0v) is 13.7. The molecule has 1 heterocycles. The summed E-state index contributed by atoms with van der Waals surface area (Å²) in [4.78, 5) is 27.6. The quantitative estimate of drug-likeness (QED) is 0.645. The van der Waals surface area contributed by atoms with Crippen LogP contribution in [0.3, 0.4) is 0 Å². The fraction of sp³-hybridized carbons (Fsp3) is 0.588. The number of amides is 2. The van der Waals surface area contributed by atoms with Crippen molar-refractivity contribution in [3.63, 3.8) is 0 Å². The third-order valence-corrected chi connectivity index (χ3v) is 5.79. The Kier molecular flexibility index (Phi) is 4.32. The Morgan fingerprint density at radius 3 is 2.00 bits per heavy atom. The summed E-state index contributed by atoms with van der Waals surface area (Å²) in [5.74, 6) is 1.90. The molecule has 4 bridgehead atoms. The highest BCUT2D eigenvalue weighted by atomic mass is 35.5. The first-order valence-corrected chi connectivity index (χ1v) is 8.21. The zero-order valence-electron chi connectivity index (χ0n) is 13.0. The number of aromatic nitrogens is 1. The number of carbonyl (C=O) groups excluding carboxylic acids is 2. The Hall–Kier alpha value is -1.62. The highest BCUT2D eigenvalue weighted by molar-refractivity contribution is 5.95. The number of hydrogen-bond acceptors (Lipinski definition) is 2. The van der Waals surface area contributed by atoms with Crippen molar-refractivity contribution in [2.45, 2.75) is 38.5 Å². The van der Waals surface area contributed by atoms with E-state index in [4.69, 9.17) is 0 Å². The van der Waals surface area contributed by atoms with Gasteiger partial charge in [-0.2, -0.15) is 0 Å². The highest BCUT2D eigenvalue weighted by Crippen LogP contribution is 2.59. The van der Waals surface area contributed by atoms with Gasteiger partial charge in [-0.3, -0.25) is 20.4 Å². The van der Waals surface area contributed by atoms with Gasteiger partial charge in [0.1, 0.15) is 0 Å². The number of pyridine rings is 1. The van der Waals surface area contributed by atoms with Gasteiger partial charge in [0.25, 0.3) is 5.91 Å². The van der Waals surface area contributed by atoms with Crippen molar-refractivity contribution in [3.8, 4) is 0 Å². The smallest absolute Gasteiger partial charge is 0.270 e. The first-order chi connectivity index (χ1) is 10.6. The lowest BCUT2D eigenvalue weighted by atomic mass is 9.49. The first kappa shape index (κ1) is 16.2. The van der Waals surface area contributed by atoms with E-state index >= 15 is 0 Å². The number of hydrazine groups is 1. The van der Waals surface area contributed by atoms with E-state index in [-0.39, 0.29) is 29.6 Å². The summed E-state index contributed by atoms with van der Waals surface area (Å²) in [6.45, 7) is 0. The molecule has 0 aromatic carbocycles. The Morgan fingerprint density at radius 1 is 0.957 bits per heavy atom. The summed E-state index contributed by atoms with van der Waals surface area (Å²) >= 11 is 0. The summed E-state index contributed by atoms with van der Waals surface area (Å²) in [6.07, 6.45) is 10.3. The standard InChI is InChI=1S/C17H21N3O2.ClH/c21-15(14-1-3-18-4-2-14)19-20-16(22)17-8-11-5-12(9-17)7-13(6-11)10-17;/h1-4,11-13H,5-10H2,(H,19,21)(H,20,22);1H. The number of aromatic amines is 1. The first-order valence-electron chi connectivity index (χ1n) is 8.21. The average molecular weight is 336 g/mol. The molecule has 6 heteroatoms. The summed E-state index contributed by atoms with van der Waals surface area (Å²) in [6, 6.07) is 3.37. The second-order valence-corrected chi connectivity index (χ2v) is 7.39. The van der Waals surface area contributed by atoms with Gasteiger partial charge < -0.3 is 12.4 Å². The van der Waals surface area contributed by atoms with E-state index in [1.54, 1.807) is 24.5 Å². The van der Waals surface area contributed by atoms with E-state index in [0.29, 0.717) is 5.56 Å². The fourth-order valence-electron chi connectivity index (χ4n) is 5.25. The fourth-order valence-corrected chi connectivity index (χ4v) is 5.25. The molecule has 1 aromatic heterocycles. The van der Waals surface area contributed by atoms with Crippen LogP contribution in [0.2, 0.25) is 0 Å². The minimum atomic E-state index is -0.271. The van der Waals surface area contributed by atoms with Gasteiger partial charge in [-0.05, 0) is 56.3 Å². The van der Waals surface area contributed by atoms with Crippen LogP contribution in [0.15, 0.2) is 24.5 Å². The van der Waals surface area contributed by atoms with Crippen molar-refractivity contribution >= 4 is 11.8 Å². The number of halogens is 1. The molecule has 1 aromatic rings. The number of rotatable bonds is 2. The SMILES string of the molecule is O=C(NNC(=O)C12CC3CC(CC(C3)C1)C2)c1cc[nH+]cc1.[Cl-]. The van der Waals surface area contributed by atoms with Crippen LogP contribution < -0.4 is 28.2 Å². The molecular formula is C17H22ClN3O2. The number of H-pyrrole nitrogens is 1. The Bertz CT molecular complexity index is 570. The Morgan fingerprint density at radius 2 is 1.48 bits per heavy atom. The van der Waals surface area contributed by atoms with Gasteiger partial charge >= 0.3 is 0 Å². The molecule has 4 saturated carbocycles. The molecule has 4 aliphatic carbocycles. The second kappa shape index (κ2) is 6.11. The van der Waals surface area contributed by atoms with Crippen molar-refractivity contribution in [1.82, 2.24) is 10.9 Å². The van der Waals surface area contributed by atoms with Crippen LogP contribution in [-0.2, 0) is 4.79 Å². The van der Waals surface area contributed by atoms with Gasteiger partial charge in [-0.25, -0.2) is 4.98 Å². The van der Waals surface area contributed by atoms with Crippen LogP contribution in [0.5, 0.6) is 0 Å². The average Bonchev–Trinajstić information content (AvgIpc) is 2.51. The normalized spacial score (nSPS) is 33.7. The van der Waals surface area contributed by atoms with Crippen LogP contribution in [0.1, 0.15) is 48.9 Å². The Balaban J connectivity index is 0.00000156. The van der Waals surface area contributed by atoms with Crippen LogP contribution in [0.4, 0.5) is 0 Å². The molecule has 5 nitrogen and oxygen atoms in total. The highest BCUT2D eigenvalue weighted by Gasteiger charge is 2.54. The van der Waals surface area contributed by atoms with E-state index in [1.807, 2.05) is 0 Å². The maximum Gasteiger partial charge on any atom is 0.270 e. The van der Waals surface area contributed by atoms with Crippen molar-refractivity contribution in [2.75, 3.05) is 0 Å². The molecule has 0 atom stereocenters. The predicted molar refractivity (Wildman–Crippen MR) is 79.2 cm³/mol. The molecule has 5 rings (SSSR count). The summed E-state index contributed by atoms with van der Waals surface area (Å²) in [5, 5.41) is 0. The molecule has 0 unspecified atom stereocenters. The monoisotopic (exact) mass is 335 g/mol. The maximum absolute atomic E-state index is 12.7. The summed E-state index contributed by atoms with van der Waals surface area (Å²) < 4.78 is 0. The predicted octanol–water partition coefficient (Wildman–Crippen LogP) is -1.52. The number of hydrogen-bond donors (Lipinski definition) is 2. The molecule has 0 aliphatic heterocycles. The lowest BCUT2D eigenvalue weighted by molar-refractivity contribution is -0.378. The van der Waals surface area contributed by atoms with Crippen molar-refractivity contribution in [3.05, 3.63) is 30.1 Å². The van der Waals surface area contributed by atoms with Crippen LogP contribution in [0.25, 0.3) is 0 Å². The third kappa shape index (κ3) is 2.94. The molecule has 4 fully saturated rings. The van der Waals surface area contributed by atoms with Gasteiger partial charge in [-0.1, -0.05) is 0 Å². The van der Waals surface area contributed by atoms with E-state index in [2.05, 4.69) is 15.8 Å². The molecule has 2 amide bonds.